The Morgan fingerprint density at radius 1 is 1.25 bits per heavy atom. The molecule has 0 aliphatic carbocycles. The van der Waals surface area contributed by atoms with Crippen molar-refractivity contribution in [3.63, 3.8) is 0 Å². The summed E-state index contributed by atoms with van der Waals surface area (Å²) in [6, 6.07) is 7.43. The summed E-state index contributed by atoms with van der Waals surface area (Å²) in [6.07, 6.45) is 1.16. The standard InChI is InChI=1S/C21H31N3O4/c1-3-24-19(25)15-18(20(24)16-5-7-17(27-2)8-6-16)21(26)22-9-4-10-23-11-13-28-14-12-23/h5-8,18,20H,3-4,9-15H2,1-2H3,(H,22,26)/t18-,20+/m1/s1. The van der Waals surface area contributed by atoms with E-state index in [0.717, 1.165) is 50.6 Å². The van der Waals surface area contributed by atoms with Crippen molar-refractivity contribution < 1.29 is 19.1 Å². The van der Waals surface area contributed by atoms with Gasteiger partial charge in [0.1, 0.15) is 5.75 Å². The van der Waals surface area contributed by atoms with E-state index in [1.54, 1.807) is 12.0 Å². The third-order valence-corrected chi connectivity index (χ3v) is 5.62. The van der Waals surface area contributed by atoms with Gasteiger partial charge in [-0.05, 0) is 37.6 Å². The van der Waals surface area contributed by atoms with Gasteiger partial charge in [-0.15, -0.1) is 0 Å². The summed E-state index contributed by atoms with van der Waals surface area (Å²) in [5.41, 5.74) is 0.974. The van der Waals surface area contributed by atoms with Crippen molar-refractivity contribution in [1.29, 1.82) is 0 Å². The quantitative estimate of drug-likeness (QED) is 0.682. The number of ether oxygens (including phenoxy) is 2. The molecule has 0 aromatic heterocycles. The Morgan fingerprint density at radius 2 is 1.96 bits per heavy atom. The first-order chi connectivity index (χ1) is 13.6. The van der Waals surface area contributed by atoms with Crippen molar-refractivity contribution in [2.75, 3.05) is 53.0 Å². The van der Waals surface area contributed by atoms with Crippen molar-refractivity contribution >= 4 is 11.8 Å². The number of rotatable bonds is 8. The second kappa shape index (κ2) is 9.89. The number of nitrogens with zero attached hydrogens (tertiary/aromatic N) is 2. The van der Waals surface area contributed by atoms with Crippen LogP contribution < -0.4 is 10.1 Å². The molecule has 0 saturated carbocycles. The minimum absolute atomic E-state index is 0.0351. The van der Waals surface area contributed by atoms with Gasteiger partial charge in [-0.3, -0.25) is 14.5 Å². The molecule has 0 unspecified atom stereocenters. The van der Waals surface area contributed by atoms with Gasteiger partial charge in [-0.2, -0.15) is 0 Å². The van der Waals surface area contributed by atoms with Crippen LogP contribution in [0, 0.1) is 5.92 Å². The highest BCUT2D eigenvalue weighted by molar-refractivity contribution is 5.90. The molecule has 1 aromatic rings. The fourth-order valence-electron chi connectivity index (χ4n) is 4.08. The largest absolute Gasteiger partial charge is 0.497 e. The molecule has 2 heterocycles. The van der Waals surface area contributed by atoms with E-state index in [-0.39, 0.29) is 30.2 Å². The average molecular weight is 389 g/mol. The van der Waals surface area contributed by atoms with Crippen LogP contribution >= 0.6 is 0 Å². The number of benzene rings is 1. The molecule has 2 aliphatic rings. The van der Waals surface area contributed by atoms with Gasteiger partial charge >= 0.3 is 0 Å². The average Bonchev–Trinajstić information content (AvgIpc) is 3.08. The van der Waals surface area contributed by atoms with Gasteiger partial charge in [0.25, 0.3) is 0 Å². The zero-order valence-corrected chi connectivity index (χ0v) is 16.9. The van der Waals surface area contributed by atoms with Crippen LogP contribution in [0.1, 0.15) is 31.4 Å². The summed E-state index contributed by atoms with van der Waals surface area (Å²) in [4.78, 5) is 29.5. The highest BCUT2D eigenvalue weighted by Crippen LogP contribution is 2.38. The molecule has 28 heavy (non-hydrogen) atoms. The lowest BCUT2D eigenvalue weighted by molar-refractivity contribution is -0.129. The molecule has 7 nitrogen and oxygen atoms in total. The van der Waals surface area contributed by atoms with Crippen LogP contribution in [-0.4, -0.2) is 74.7 Å². The van der Waals surface area contributed by atoms with Gasteiger partial charge in [-0.25, -0.2) is 0 Å². The Bertz CT molecular complexity index is 658. The van der Waals surface area contributed by atoms with Crippen LogP contribution in [0.25, 0.3) is 0 Å². The minimum Gasteiger partial charge on any atom is -0.497 e. The van der Waals surface area contributed by atoms with Crippen LogP contribution in [0.2, 0.25) is 0 Å². The third kappa shape index (κ3) is 4.83. The lowest BCUT2D eigenvalue weighted by atomic mass is 9.92. The molecule has 1 N–H and O–H groups in total. The molecule has 1 aromatic carbocycles. The summed E-state index contributed by atoms with van der Waals surface area (Å²) in [5.74, 6) is 0.411. The van der Waals surface area contributed by atoms with E-state index >= 15 is 0 Å². The number of nitrogens with one attached hydrogen (secondary N) is 1. The van der Waals surface area contributed by atoms with E-state index in [0.29, 0.717) is 13.1 Å². The van der Waals surface area contributed by atoms with Crippen LogP contribution in [0.15, 0.2) is 24.3 Å². The third-order valence-electron chi connectivity index (χ3n) is 5.62. The Labute approximate surface area is 167 Å². The van der Waals surface area contributed by atoms with Crippen LogP contribution in [0.3, 0.4) is 0 Å². The number of morpholine rings is 1. The highest BCUT2D eigenvalue weighted by Gasteiger charge is 2.43. The van der Waals surface area contributed by atoms with E-state index in [1.807, 2.05) is 31.2 Å². The van der Waals surface area contributed by atoms with Crippen molar-refractivity contribution in [1.82, 2.24) is 15.1 Å². The summed E-state index contributed by atoms with van der Waals surface area (Å²) >= 11 is 0. The first-order valence-electron chi connectivity index (χ1n) is 10.1. The fraction of sp³-hybridized carbons (Fsp3) is 0.619. The monoisotopic (exact) mass is 389 g/mol. The molecule has 154 valence electrons. The van der Waals surface area contributed by atoms with Gasteiger partial charge in [0.05, 0.1) is 32.3 Å². The molecular formula is C21H31N3O4. The van der Waals surface area contributed by atoms with E-state index in [1.165, 1.54) is 0 Å². The molecule has 3 rings (SSSR count). The fourth-order valence-corrected chi connectivity index (χ4v) is 4.08. The maximum atomic E-state index is 12.9. The Balaban J connectivity index is 1.59. The second-order valence-electron chi connectivity index (χ2n) is 7.31. The van der Waals surface area contributed by atoms with Gasteiger partial charge < -0.3 is 19.7 Å². The summed E-state index contributed by atoms with van der Waals surface area (Å²) in [5, 5.41) is 3.05. The Kier molecular flexibility index (Phi) is 7.28. The van der Waals surface area contributed by atoms with Crippen LogP contribution in [0.4, 0.5) is 0 Å². The molecule has 2 saturated heterocycles. The number of carbonyl (C=O) groups is 2. The second-order valence-corrected chi connectivity index (χ2v) is 7.31. The Morgan fingerprint density at radius 3 is 2.61 bits per heavy atom. The SMILES string of the molecule is CCN1C(=O)C[C@@H](C(=O)NCCCN2CCOCC2)[C@@H]1c1ccc(OC)cc1. The van der Waals surface area contributed by atoms with Crippen molar-refractivity contribution in [2.24, 2.45) is 5.92 Å². The molecule has 2 atom stereocenters. The predicted octanol–water partition coefficient (Wildman–Crippen LogP) is 1.44. The van der Waals surface area contributed by atoms with Crippen molar-refractivity contribution in [3.05, 3.63) is 29.8 Å². The van der Waals surface area contributed by atoms with Gasteiger partial charge in [0.15, 0.2) is 0 Å². The van der Waals surface area contributed by atoms with Gasteiger partial charge in [-0.1, -0.05) is 12.1 Å². The zero-order chi connectivity index (χ0) is 19.9. The Hall–Kier alpha value is -2.12. The molecule has 7 heteroatoms. The summed E-state index contributed by atoms with van der Waals surface area (Å²) < 4.78 is 10.6. The summed E-state index contributed by atoms with van der Waals surface area (Å²) in [7, 11) is 1.62. The maximum absolute atomic E-state index is 12.9. The first kappa shape index (κ1) is 20.6. The topological polar surface area (TPSA) is 71.1 Å². The van der Waals surface area contributed by atoms with Crippen molar-refractivity contribution in [3.8, 4) is 5.75 Å². The normalized spacial score (nSPS) is 23.1. The van der Waals surface area contributed by atoms with E-state index in [4.69, 9.17) is 9.47 Å². The molecule has 0 radical (unpaired) electrons. The minimum atomic E-state index is -0.357. The van der Waals surface area contributed by atoms with Crippen molar-refractivity contribution in [2.45, 2.75) is 25.8 Å². The van der Waals surface area contributed by atoms with Gasteiger partial charge in [0, 0.05) is 32.6 Å². The van der Waals surface area contributed by atoms with Crippen LogP contribution in [-0.2, 0) is 14.3 Å². The van der Waals surface area contributed by atoms with Crippen LogP contribution in [0.5, 0.6) is 5.75 Å². The number of hydrogen-bond donors (Lipinski definition) is 1. The molecule has 2 fully saturated rings. The number of hydrogen-bond acceptors (Lipinski definition) is 5. The number of carbonyl (C=O) groups excluding carboxylic acids is 2. The lowest BCUT2D eigenvalue weighted by Gasteiger charge is -2.28. The summed E-state index contributed by atoms with van der Waals surface area (Å²) in [6.45, 7) is 7.61. The molecule has 2 aliphatic heterocycles. The number of likely N-dealkylation sites (tertiary alicyclic amines) is 1. The first-order valence-corrected chi connectivity index (χ1v) is 10.1. The zero-order valence-electron chi connectivity index (χ0n) is 16.9. The number of amides is 2. The lowest BCUT2D eigenvalue weighted by Crippen LogP contribution is -2.39. The number of methoxy groups -OCH3 is 1. The van der Waals surface area contributed by atoms with E-state index in [2.05, 4.69) is 10.2 Å². The molecule has 0 spiro atoms. The highest BCUT2D eigenvalue weighted by atomic mass is 16.5. The maximum Gasteiger partial charge on any atom is 0.226 e. The van der Waals surface area contributed by atoms with Gasteiger partial charge in [0.2, 0.25) is 11.8 Å². The van der Waals surface area contributed by atoms with E-state index in [9.17, 15) is 9.59 Å². The molecule has 2 amide bonds. The molecular weight excluding hydrogens is 358 g/mol. The van der Waals surface area contributed by atoms with E-state index < -0.39 is 0 Å². The molecule has 0 bridgehead atoms. The smallest absolute Gasteiger partial charge is 0.226 e. The predicted molar refractivity (Wildman–Crippen MR) is 106 cm³/mol.